The van der Waals surface area contributed by atoms with E-state index in [-0.39, 0.29) is 0 Å². The lowest BCUT2D eigenvalue weighted by atomic mass is 9.87. The van der Waals surface area contributed by atoms with Crippen LogP contribution in [0.3, 0.4) is 0 Å². The van der Waals surface area contributed by atoms with Gasteiger partial charge in [0.15, 0.2) is 0 Å². The molecule has 0 bridgehead atoms. The molecule has 0 atom stereocenters. The Morgan fingerprint density at radius 2 is 0.348 bits per heavy atom. The van der Waals surface area contributed by atoms with Crippen molar-refractivity contribution in [3.63, 3.8) is 0 Å². The Labute approximate surface area is 478 Å². The van der Waals surface area contributed by atoms with Crippen LogP contribution >= 0.6 is 0 Å². The Kier molecular flexibility index (Phi) is 26.0. The summed E-state index contributed by atoms with van der Waals surface area (Å²) >= 11 is 0. The molecule has 0 aromatic carbocycles. The normalized spacial score (nSPS) is 16.4. The van der Waals surface area contributed by atoms with Crippen LogP contribution < -0.4 is 0 Å². The van der Waals surface area contributed by atoms with E-state index in [4.69, 9.17) is 0 Å². The Hall–Kier alpha value is -3.39. The van der Waals surface area contributed by atoms with Gasteiger partial charge >= 0.3 is 151 Å². The molecule has 0 spiro atoms. The summed E-state index contributed by atoms with van der Waals surface area (Å²) in [6.07, 6.45) is -32.6. The highest BCUT2D eigenvalue weighted by atomic mass is 28.4. The molecule has 1 N–H and O–H groups in total. The van der Waals surface area contributed by atoms with Gasteiger partial charge in [0.1, 0.15) is 7.11 Å². The van der Waals surface area contributed by atoms with Crippen LogP contribution in [-0.4, -0.2) is 163 Å². The summed E-state index contributed by atoms with van der Waals surface area (Å²) in [5.41, 5.74) is 0. The molecule has 0 radical (unpaired) electrons. The maximum absolute atomic E-state index is 13.7. The van der Waals surface area contributed by atoms with E-state index in [0.29, 0.717) is 0 Å². The summed E-state index contributed by atoms with van der Waals surface area (Å²) in [7, 11) is -2.22. The van der Waals surface area contributed by atoms with Crippen LogP contribution in [-0.2, 0) is 0 Å². The van der Waals surface area contributed by atoms with Crippen molar-refractivity contribution in [1.82, 2.24) is 0 Å². The number of hydrogen-bond acceptors (Lipinski definition) is 0. The summed E-state index contributed by atoms with van der Waals surface area (Å²) in [5, 5.41) is 0. The zero-order valence-electron chi connectivity index (χ0n) is 44.6. The third-order valence-corrected chi connectivity index (χ3v) is 14.8. The number of aliphatic hydroxyl groups is 1. The van der Waals surface area contributed by atoms with Crippen molar-refractivity contribution in [1.29, 1.82) is 0 Å². The fourth-order valence-corrected chi connectivity index (χ4v) is 6.72. The maximum atomic E-state index is 13.7. The molecule has 0 aliphatic heterocycles. The molecule has 0 amide bonds. The highest BCUT2D eigenvalue weighted by Gasteiger charge is 2.98. The molecule has 0 aliphatic rings. The SMILES string of the molecule is CC(C)CCC(F)(F)C(F)(F)C(F)(F)C(F)(F)C(F)(F)C(F)(F)C(F)(F)C(F)(F)F.CC(C)CCC(F)(F)C(F)(F)C(F)(F)C(F)(F)C(F)(F)C(F)(F)C(F)(F)C(F)(F)F.C[OH+][Si](C)(C)CCC(F)(F)C(F)(F)C(F)(F)C(F)(F)C(F)(F)C(F)(F)C(F)(F)C(F)(F)F. The monoisotopic (exact) mass is 1520 g/mol. The molecule has 0 saturated heterocycles. The van der Waals surface area contributed by atoms with Crippen molar-refractivity contribution in [2.24, 2.45) is 11.8 Å². The van der Waals surface area contributed by atoms with Crippen molar-refractivity contribution in [3.05, 3.63) is 0 Å². The summed E-state index contributed by atoms with van der Waals surface area (Å²) < 4.78 is 666. The van der Waals surface area contributed by atoms with E-state index in [1.54, 1.807) is 0 Å². The molecule has 558 valence electrons. The molecule has 0 aromatic rings. The lowest BCUT2D eigenvalue weighted by Crippen LogP contribution is -2.74. The lowest BCUT2D eigenvalue weighted by Gasteiger charge is -2.42. The summed E-state index contributed by atoms with van der Waals surface area (Å²) in [4.78, 5) is 0. The predicted molar refractivity (Wildman–Crippen MR) is 205 cm³/mol. The van der Waals surface area contributed by atoms with Crippen LogP contribution in [0.5, 0.6) is 0 Å². The van der Waals surface area contributed by atoms with Gasteiger partial charge in [-0.15, -0.1) is 0 Å². The fourth-order valence-electron chi connectivity index (χ4n) is 5.57. The quantitative estimate of drug-likeness (QED) is 0.0421. The molecule has 0 unspecified atom stereocenters. The highest BCUT2D eigenvalue weighted by molar-refractivity contribution is 6.70. The topological polar surface area (TPSA) is 12.8 Å². The minimum absolute atomic E-state index is 0.975. The van der Waals surface area contributed by atoms with Crippen molar-refractivity contribution in [3.8, 4) is 0 Å². The van der Waals surface area contributed by atoms with Crippen molar-refractivity contribution in [2.45, 2.75) is 222 Å². The molecule has 0 aliphatic carbocycles. The molecule has 1 nitrogen and oxygen atoms in total. The largest absolute Gasteiger partial charge is 0.533 e. The van der Waals surface area contributed by atoms with Crippen LogP contribution in [0, 0.1) is 11.8 Å². The molecule has 0 fully saturated rings. The second-order valence-electron chi connectivity index (χ2n) is 20.3. The van der Waals surface area contributed by atoms with Gasteiger partial charge in [-0.05, 0) is 24.7 Å². The molecule has 53 heteroatoms. The van der Waals surface area contributed by atoms with Crippen molar-refractivity contribution < 1.29 is 228 Å². The van der Waals surface area contributed by atoms with Gasteiger partial charge in [0.25, 0.3) is 0 Å². The molecule has 0 rings (SSSR count). The van der Waals surface area contributed by atoms with Gasteiger partial charge in [-0.2, -0.15) is 224 Å². The highest BCUT2D eigenvalue weighted by Crippen LogP contribution is 2.68. The first kappa shape index (κ1) is 92.8. The van der Waals surface area contributed by atoms with Crippen LogP contribution in [0.2, 0.25) is 19.1 Å². The van der Waals surface area contributed by atoms with E-state index < -0.39 is 201 Å². The van der Waals surface area contributed by atoms with E-state index in [1.165, 1.54) is 0 Å². The Morgan fingerprint density at radius 3 is 0.478 bits per heavy atom. The third kappa shape index (κ3) is 14.7. The standard InChI is InChI=1S/C13H13F17OSi.2C13H11F17/c1-31-32(2,3)5-4-6(14,15)7(16,17)8(18,19)9(20,21)10(22,23)11(24,25)12(26,27)13(28,29)30;2*1-5(2)3-4-6(14,15)7(16,17)8(18,19)9(20,21)10(22,23)11(24,25)12(26,27)13(28,29)30/h4-5H2,1-3H3;2*5H,3-4H2,1-2H3/p+1. The number of rotatable bonds is 28. The van der Waals surface area contributed by atoms with E-state index >= 15 is 0 Å². The van der Waals surface area contributed by atoms with Crippen LogP contribution in [0.1, 0.15) is 59.8 Å². The minimum atomic E-state index is -8.59. The number of halogens is 51. The number of hydrogen-bond donors (Lipinski definition) is 0. The molecule has 0 saturated carbocycles. The molecular formula is C39H36F51OSi+. The average Bonchev–Trinajstić information content (AvgIpc) is 0.710. The van der Waals surface area contributed by atoms with Gasteiger partial charge in [0, 0.05) is 38.4 Å². The summed E-state index contributed by atoms with van der Waals surface area (Å²) in [5.74, 6) is -169. The lowest BCUT2D eigenvalue weighted by molar-refractivity contribution is -0.461. The van der Waals surface area contributed by atoms with Crippen LogP contribution in [0.25, 0.3) is 0 Å². The molecule has 0 heterocycles. The first-order valence-electron chi connectivity index (χ1n) is 22.6. The van der Waals surface area contributed by atoms with Gasteiger partial charge in [0.05, 0.1) is 0 Å². The van der Waals surface area contributed by atoms with E-state index in [0.717, 1.165) is 47.9 Å². The van der Waals surface area contributed by atoms with Crippen molar-refractivity contribution >= 4 is 8.32 Å². The minimum Gasteiger partial charge on any atom is -0.533 e. The van der Waals surface area contributed by atoms with Gasteiger partial charge in [-0.3, -0.25) is 0 Å². The molecular weight excluding hydrogens is 1480 g/mol. The Balaban J connectivity index is -0.00000129. The summed E-state index contributed by atoms with van der Waals surface area (Å²) in [6.45, 7) is 6.32. The van der Waals surface area contributed by atoms with Gasteiger partial charge in [0.2, 0.25) is 0 Å². The summed E-state index contributed by atoms with van der Waals surface area (Å²) in [6, 6.07) is -1.15. The van der Waals surface area contributed by atoms with Gasteiger partial charge < -0.3 is 4.43 Å². The van der Waals surface area contributed by atoms with E-state index in [1.807, 2.05) is 0 Å². The third-order valence-electron chi connectivity index (χ3n) is 12.1. The van der Waals surface area contributed by atoms with Crippen LogP contribution in [0.15, 0.2) is 0 Å². The van der Waals surface area contributed by atoms with Gasteiger partial charge in [-0.25, -0.2) is 0 Å². The smallest absolute Gasteiger partial charge is 0.460 e. The van der Waals surface area contributed by atoms with Crippen LogP contribution in [0.4, 0.5) is 224 Å². The second kappa shape index (κ2) is 25.8. The fraction of sp³-hybridized carbons (Fsp3) is 1.00. The maximum Gasteiger partial charge on any atom is 0.460 e. The first-order valence-corrected chi connectivity index (χ1v) is 25.8. The van der Waals surface area contributed by atoms with Gasteiger partial charge in [-0.1, -0.05) is 27.7 Å². The van der Waals surface area contributed by atoms with E-state index in [2.05, 4.69) is 4.43 Å². The zero-order valence-corrected chi connectivity index (χ0v) is 45.6. The molecule has 0 aromatic heterocycles. The van der Waals surface area contributed by atoms with E-state index in [9.17, 15) is 224 Å². The average molecular weight is 1520 g/mol. The second-order valence-corrected chi connectivity index (χ2v) is 24.9. The zero-order chi connectivity index (χ0) is 76.6. The molecule has 92 heavy (non-hydrogen) atoms. The Morgan fingerprint density at radius 1 is 0.217 bits per heavy atom. The predicted octanol–water partition coefficient (Wildman–Crippen LogP) is 21.6. The first-order chi connectivity index (χ1) is 38.9. The number of alkyl halides is 51. The Bertz CT molecular complexity index is 2270. The van der Waals surface area contributed by atoms with Crippen molar-refractivity contribution in [2.75, 3.05) is 7.11 Å².